The molecule has 10 heteroatoms. The number of rotatable bonds is 6. The molecule has 2 rings (SSSR count). The van der Waals surface area contributed by atoms with E-state index in [2.05, 4.69) is 10.3 Å². The lowest BCUT2D eigenvalue weighted by Crippen LogP contribution is -2.20. The second-order valence-corrected chi connectivity index (χ2v) is 5.67. The van der Waals surface area contributed by atoms with Gasteiger partial charge < -0.3 is 10.1 Å². The summed E-state index contributed by atoms with van der Waals surface area (Å²) < 4.78 is 4.78. The summed E-state index contributed by atoms with van der Waals surface area (Å²) in [6.07, 6.45) is 3.81. The molecule has 1 aromatic carbocycles. The SMILES string of the molecule is O=C(COC(=O)/C=C/c1ccc([N+](=O)[O-])cc1)Nc1ncc(Cl)cc1Cl. The Kier molecular flexibility index (Phi) is 6.65. The number of carbonyl (C=O) groups excluding carboxylic acids is 2. The van der Waals surface area contributed by atoms with Crippen LogP contribution < -0.4 is 5.32 Å². The molecule has 1 N–H and O–H groups in total. The zero-order valence-electron chi connectivity index (χ0n) is 13.0. The van der Waals surface area contributed by atoms with Crippen molar-refractivity contribution in [3.63, 3.8) is 0 Å². The maximum atomic E-state index is 11.7. The largest absolute Gasteiger partial charge is 0.452 e. The highest BCUT2D eigenvalue weighted by molar-refractivity contribution is 6.36. The maximum absolute atomic E-state index is 11.7. The van der Waals surface area contributed by atoms with Gasteiger partial charge in [0.1, 0.15) is 0 Å². The van der Waals surface area contributed by atoms with Crippen LogP contribution in [0.1, 0.15) is 5.56 Å². The quantitative estimate of drug-likeness (QED) is 0.346. The molecule has 0 spiro atoms. The Morgan fingerprint density at radius 3 is 2.58 bits per heavy atom. The van der Waals surface area contributed by atoms with E-state index in [-0.39, 0.29) is 16.5 Å². The van der Waals surface area contributed by atoms with Crippen molar-refractivity contribution in [3.8, 4) is 0 Å². The van der Waals surface area contributed by atoms with Crippen LogP contribution in [0.4, 0.5) is 11.5 Å². The molecule has 0 saturated carbocycles. The van der Waals surface area contributed by atoms with E-state index in [1.165, 1.54) is 42.6 Å². The van der Waals surface area contributed by atoms with Crippen LogP contribution in [0.3, 0.4) is 0 Å². The highest BCUT2D eigenvalue weighted by Gasteiger charge is 2.10. The van der Waals surface area contributed by atoms with Gasteiger partial charge in [-0.25, -0.2) is 9.78 Å². The number of pyridine rings is 1. The Balaban J connectivity index is 1.83. The molecule has 1 aromatic heterocycles. The molecule has 0 aliphatic heterocycles. The summed E-state index contributed by atoms with van der Waals surface area (Å²) in [7, 11) is 0. The van der Waals surface area contributed by atoms with Gasteiger partial charge in [-0.3, -0.25) is 14.9 Å². The Morgan fingerprint density at radius 1 is 1.27 bits per heavy atom. The van der Waals surface area contributed by atoms with E-state index in [1.807, 2.05) is 0 Å². The minimum absolute atomic E-state index is 0.0594. The second-order valence-electron chi connectivity index (χ2n) is 4.82. The number of amides is 1. The molecule has 26 heavy (non-hydrogen) atoms. The van der Waals surface area contributed by atoms with Gasteiger partial charge in [-0.05, 0) is 29.8 Å². The van der Waals surface area contributed by atoms with Gasteiger partial charge in [0.2, 0.25) is 0 Å². The number of ether oxygens (including phenoxy) is 1. The number of nitrogens with zero attached hydrogens (tertiary/aromatic N) is 2. The fourth-order valence-electron chi connectivity index (χ4n) is 1.73. The van der Waals surface area contributed by atoms with E-state index in [4.69, 9.17) is 27.9 Å². The first kappa shape index (κ1) is 19.4. The molecule has 134 valence electrons. The Morgan fingerprint density at radius 2 is 1.96 bits per heavy atom. The fourth-order valence-corrected chi connectivity index (χ4v) is 2.16. The summed E-state index contributed by atoms with van der Waals surface area (Å²) in [5.74, 6) is -1.29. The molecule has 0 aliphatic rings. The van der Waals surface area contributed by atoms with E-state index in [9.17, 15) is 19.7 Å². The highest BCUT2D eigenvalue weighted by Crippen LogP contribution is 2.22. The van der Waals surface area contributed by atoms with E-state index in [0.29, 0.717) is 10.6 Å². The summed E-state index contributed by atoms with van der Waals surface area (Å²) in [6, 6.07) is 6.97. The van der Waals surface area contributed by atoms with Gasteiger partial charge >= 0.3 is 5.97 Å². The molecule has 0 saturated heterocycles. The first-order valence-electron chi connectivity index (χ1n) is 7.05. The van der Waals surface area contributed by atoms with Crippen LogP contribution in [0.5, 0.6) is 0 Å². The van der Waals surface area contributed by atoms with Crippen LogP contribution in [-0.2, 0) is 14.3 Å². The fraction of sp³-hybridized carbons (Fsp3) is 0.0625. The smallest absolute Gasteiger partial charge is 0.331 e. The third-order valence-electron chi connectivity index (χ3n) is 2.93. The standard InChI is InChI=1S/C16H11Cl2N3O5/c17-11-7-13(18)16(19-8-11)20-14(22)9-26-15(23)6-3-10-1-4-12(5-2-10)21(24)25/h1-8H,9H2,(H,19,20,22)/b6-3+. The number of non-ortho nitro benzene ring substituents is 1. The van der Waals surface area contributed by atoms with Gasteiger partial charge in [-0.2, -0.15) is 0 Å². The lowest BCUT2D eigenvalue weighted by Gasteiger charge is -2.06. The summed E-state index contributed by atoms with van der Waals surface area (Å²) in [5, 5.41) is 13.4. The van der Waals surface area contributed by atoms with E-state index < -0.39 is 23.4 Å². The van der Waals surface area contributed by atoms with E-state index >= 15 is 0 Å². The van der Waals surface area contributed by atoms with Crippen molar-refractivity contribution in [3.05, 3.63) is 68.3 Å². The molecule has 0 fully saturated rings. The molecule has 0 aliphatic carbocycles. The second kappa shape index (κ2) is 8.93. The van der Waals surface area contributed by atoms with Crippen LogP contribution in [-0.4, -0.2) is 28.4 Å². The number of hydrogen-bond acceptors (Lipinski definition) is 6. The van der Waals surface area contributed by atoms with Crippen LogP contribution >= 0.6 is 23.2 Å². The zero-order valence-corrected chi connectivity index (χ0v) is 14.5. The molecular formula is C16H11Cl2N3O5. The van der Waals surface area contributed by atoms with Gasteiger partial charge in [0.15, 0.2) is 12.4 Å². The topological polar surface area (TPSA) is 111 Å². The predicted molar refractivity (Wildman–Crippen MR) is 96.0 cm³/mol. The molecule has 8 nitrogen and oxygen atoms in total. The summed E-state index contributed by atoms with van der Waals surface area (Å²) in [4.78, 5) is 37.2. The average Bonchev–Trinajstić information content (AvgIpc) is 2.61. The molecule has 0 unspecified atom stereocenters. The van der Waals surface area contributed by atoms with Crippen molar-refractivity contribution in [1.82, 2.24) is 4.98 Å². The third kappa shape index (κ3) is 5.83. The molecule has 0 atom stereocenters. The first-order chi connectivity index (χ1) is 12.3. The van der Waals surface area contributed by atoms with Gasteiger partial charge in [-0.15, -0.1) is 0 Å². The monoisotopic (exact) mass is 395 g/mol. The zero-order chi connectivity index (χ0) is 19.1. The first-order valence-corrected chi connectivity index (χ1v) is 7.81. The Labute approximate surface area is 157 Å². The van der Waals surface area contributed by atoms with Gasteiger partial charge in [0.25, 0.3) is 11.6 Å². The van der Waals surface area contributed by atoms with Gasteiger partial charge in [-0.1, -0.05) is 23.2 Å². The van der Waals surface area contributed by atoms with Crippen molar-refractivity contribution >= 4 is 52.7 Å². The van der Waals surface area contributed by atoms with Crippen molar-refractivity contribution in [2.24, 2.45) is 0 Å². The third-order valence-corrected chi connectivity index (χ3v) is 3.42. The van der Waals surface area contributed by atoms with Gasteiger partial charge in [0, 0.05) is 24.4 Å². The van der Waals surface area contributed by atoms with Crippen molar-refractivity contribution in [2.45, 2.75) is 0 Å². The summed E-state index contributed by atoms with van der Waals surface area (Å²) in [6.45, 7) is -0.538. The minimum Gasteiger partial charge on any atom is -0.452 e. The Bertz CT molecular complexity index is 869. The Hall–Kier alpha value is -2.97. The van der Waals surface area contributed by atoms with Crippen LogP contribution in [0.15, 0.2) is 42.6 Å². The van der Waals surface area contributed by atoms with Crippen molar-refractivity contribution in [2.75, 3.05) is 11.9 Å². The van der Waals surface area contributed by atoms with Crippen molar-refractivity contribution < 1.29 is 19.2 Å². The number of halogens is 2. The van der Waals surface area contributed by atoms with Crippen LogP contribution in [0.2, 0.25) is 10.0 Å². The number of benzene rings is 1. The van der Waals surface area contributed by atoms with Crippen LogP contribution in [0.25, 0.3) is 6.08 Å². The number of esters is 1. The molecule has 0 radical (unpaired) electrons. The predicted octanol–water partition coefficient (Wildman–Crippen LogP) is 3.49. The van der Waals surface area contributed by atoms with E-state index in [0.717, 1.165) is 6.08 Å². The number of aromatic nitrogens is 1. The van der Waals surface area contributed by atoms with E-state index in [1.54, 1.807) is 0 Å². The lowest BCUT2D eigenvalue weighted by molar-refractivity contribution is -0.384. The number of nitro groups is 1. The maximum Gasteiger partial charge on any atom is 0.331 e. The average molecular weight is 396 g/mol. The molecule has 1 heterocycles. The number of nitro benzene ring substituents is 1. The number of nitrogens with one attached hydrogen (secondary N) is 1. The lowest BCUT2D eigenvalue weighted by atomic mass is 10.2. The highest BCUT2D eigenvalue weighted by atomic mass is 35.5. The summed E-state index contributed by atoms with van der Waals surface area (Å²) >= 11 is 11.6. The normalized spacial score (nSPS) is 10.5. The molecular weight excluding hydrogens is 385 g/mol. The number of carbonyl (C=O) groups is 2. The molecule has 0 bridgehead atoms. The van der Waals surface area contributed by atoms with Crippen molar-refractivity contribution in [1.29, 1.82) is 0 Å². The van der Waals surface area contributed by atoms with Gasteiger partial charge in [0.05, 0.1) is 15.0 Å². The minimum atomic E-state index is -0.756. The number of anilines is 1. The number of hydrogen-bond donors (Lipinski definition) is 1. The summed E-state index contributed by atoms with van der Waals surface area (Å²) in [5.41, 5.74) is 0.505. The van der Waals surface area contributed by atoms with Crippen LogP contribution in [0, 0.1) is 10.1 Å². The molecule has 1 amide bonds. The molecule has 2 aromatic rings.